The standard InChI is InChI=1S/C5H10FO/c1-4(6)5(2,3)7/h4,7H,1H2,2-3H3. The minimum Gasteiger partial charge on any atom is -0.387 e. The maximum atomic E-state index is 11.8. The summed E-state index contributed by atoms with van der Waals surface area (Å²) in [6.07, 6.45) is -1.40. The maximum absolute atomic E-state index is 11.8. The molecule has 0 spiro atoms. The van der Waals surface area contributed by atoms with Gasteiger partial charge in [0.05, 0.1) is 5.60 Å². The van der Waals surface area contributed by atoms with E-state index in [1.807, 2.05) is 0 Å². The molecule has 1 N–H and O–H groups in total. The molecule has 1 radical (unpaired) electrons. The predicted octanol–water partition coefficient (Wildman–Crippen LogP) is 0.929. The molecule has 2 heteroatoms. The molecule has 0 saturated heterocycles. The summed E-state index contributed by atoms with van der Waals surface area (Å²) in [7, 11) is 0. The van der Waals surface area contributed by atoms with Crippen LogP contribution < -0.4 is 0 Å². The smallest absolute Gasteiger partial charge is 0.128 e. The van der Waals surface area contributed by atoms with Gasteiger partial charge in [-0.25, -0.2) is 4.39 Å². The Morgan fingerprint density at radius 1 is 1.71 bits per heavy atom. The molecule has 0 aromatic heterocycles. The van der Waals surface area contributed by atoms with Gasteiger partial charge in [0.15, 0.2) is 0 Å². The zero-order chi connectivity index (χ0) is 6.08. The third-order valence-electron chi connectivity index (χ3n) is 0.767. The molecule has 0 aromatic rings. The maximum Gasteiger partial charge on any atom is 0.128 e. The molecule has 7 heavy (non-hydrogen) atoms. The Labute approximate surface area is 43.2 Å². The monoisotopic (exact) mass is 105 g/mol. The molecule has 0 aromatic carbocycles. The Morgan fingerprint density at radius 2 is 1.86 bits per heavy atom. The second-order valence-electron chi connectivity index (χ2n) is 2.12. The van der Waals surface area contributed by atoms with E-state index in [0.29, 0.717) is 0 Å². The molecule has 1 unspecified atom stereocenters. The van der Waals surface area contributed by atoms with Crippen LogP contribution in [-0.4, -0.2) is 16.9 Å². The van der Waals surface area contributed by atoms with Gasteiger partial charge in [-0.2, -0.15) is 0 Å². The molecule has 0 aliphatic carbocycles. The SMILES string of the molecule is [CH2]C(F)C(C)(C)O. The highest BCUT2D eigenvalue weighted by Crippen LogP contribution is 2.09. The van der Waals surface area contributed by atoms with Gasteiger partial charge in [0, 0.05) is 0 Å². The first-order valence-electron chi connectivity index (χ1n) is 2.14. The van der Waals surface area contributed by atoms with E-state index in [1.165, 1.54) is 13.8 Å². The fourth-order valence-corrected chi connectivity index (χ4v) is 0. The summed E-state index contributed by atoms with van der Waals surface area (Å²) < 4.78 is 11.8. The van der Waals surface area contributed by atoms with Gasteiger partial charge in [0.2, 0.25) is 0 Å². The van der Waals surface area contributed by atoms with Crippen LogP contribution in [0.3, 0.4) is 0 Å². The normalized spacial score (nSPS) is 16.7. The average molecular weight is 105 g/mol. The van der Waals surface area contributed by atoms with Crippen LogP contribution in [-0.2, 0) is 0 Å². The molecular weight excluding hydrogens is 95.1 g/mol. The molecule has 1 nitrogen and oxygen atoms in total. The molecule has 43 valence electrons. The molecule has 0 amide bonds. The lowest BCUT2D eigenvalue weighted by Gasteiger charge is -2.17. The lowest BCUT2D eigenvalue weighted by molar-refractivity contribution is 0.0174. The van der Waals surface area contributed by atoms with Crippen LogP contribution in [0.25, 0.3) is 0 Å². The van der Waals surface area contributed by atoms with E-state index in [-0.39, 0.29) is 0 Å². The van der Waals surface area contributed by atoms with Gasteiger partial charge in [0.1, 0.15) is 6.17 Å². The van der Waals surface area contributed by atoms with Crippen molar-refractivity contribution in [3.8, 4) is 0 Å². The molecule has 0 rings (SSSR count). The largest absolute Gasteiger partial charge is 0.387 e. The van der Waals surface area contributed by atoms with Gasteiger partial charge in [-0.3, -0.25) is 0 Å². The van der Waals surface area contributed by atoms with E-state index in [2.05, 4.69) is 6.92 Å². The van der Waals surface area contributed by atoms with Gasteiger partial charge in [-0.1, -0.05) is 0 Å². The molecule has 0 heterocycles. The first-order chi connectivity index (χ1) is 2.94. The molecule has 0 saturated carbocycles. The summed E-state index contributed by atoms with van der Waals surface area (Å²) in [5.74, 6) is 0. The zero-order valence-corrected chi connectivity index (χ0v) is 4.61. The second-order valence-corrected chi connectivity index (χ2v) is 2.12. The van der Waals surface area contributed by atoms with Crippen molar-refractivity contribution in [2.75, 3.05) is 0 Å². The summed E-state index contributed by atoms with van der Waals surface area (Å²) in [6.45, 7) is 5.75. The predicted molar refractivity (Wildman–Crippen MR) is 26.6 cm³/mol. The third-order valence-corrected chi connectivity index (χ3v) is 0.767. The van der Waals surface area contributed by atoms with E-state index in [0.717, 1.165) is 0 Å². The lowest BCUT2D eigenvalue weighted by atomic mass is 10.1. The fourth-order valence-electron chi connectivity index (χ4n) is 0. The van der Waals surface area contributed by atoms with Crippen molar-refractivity contribution in [2.45, 2.75) is 25.6 Å². The van der Waals surface area contributed by atoms with E-state index in [9.17, 15) is 4.39 Å². The van der Waals surface area contributed by atoms with Crippen molar-refractivity contribution in [3.63, 3.8) is 0 Å². The minimum absolute atomic E-state index is 1.28. The molecule has 1 atom stereocenters. The Bertz CT molecular complexity index is 53.6. The van der Waals surface area contributed by atoms with Crippen molar-refractivity contribution >= 4 is 0 Å². The Kier molecular flexibility index (Phi) is 1.75. The topological polar surface area (TPSA) is 20.2 Å². The highest BCUT2D eigenvalue weighted by atomic mass is 19.1. The van der Waals surface area contributed by atoms with Gasteiger partial charge in [0.25, 0.3) is 0 Å². The third kappa shape index (κ3) is 2.57. The number of rotatable bonds is 1. The van der Waals surface area contributed by atoms with Crippen molar-refractivity contribution < 1.29 is 9.50 Å². The van der Waals surface area contributed by atoms with Crippen LogP contribution in [0.4, 0.5) is 4.39 Å². The van der Waals surface area contributed by atoms with Crippen LogP contribution in [0.5, 0.6) is 0 Å². The Morgan fingerprint density at radius 3 is 1.86 bits per heavy atom. The molecule has 0 aliphatic rings. The summed E-state index contributed by atoms with van der Waals surface area (Å²) >= 11 is 0. The van der Waals surface area contributed by atoms with Gasteiger partial charge in [-0.15, -0.1) is 0 Å². The minimum atomic E-state index is -1.40. The quantitative estimate of drug-likeness (QED) is 0.526. The summed E-state index contributed by atoms with van der Waals surface area (Å²) in [5.41, 5.74) is -1.28. The highest BCUT2D eigenvalue weighted by Gasteiger charge is 2.20. The van der Waals surface area contributed by atoms with E-state index in [1.54, 1.807) is 0 Å². The number of hydrogen-bond acceptors (Lipinski definition) is 1. The first kappa shape index (κ1) is 6.89. The summed E-state index contributed by atoms with van der Waals surface area (Å²) in [5, 5.41) is 8.66. The zero-order valence-electron chi connectivity index (χ0n) is 4.61. The fraction of sp³-hybridized carbons (Fsp3) is 0.800. The lowest BCUT2D eigenvalue weighted by Crippen LogP contribution is -2.29. The van der Waals surface area contributed by atoms with Crippen molar-refractivity contribution in [1.82, 2.24) is 0 Å². The van der Waals surface area contributed by atoms with Crippen LogP contribution in [0.1, 0.15) is 13.8 Å². The van der Waals surface area contributed by atoms with E-state index >= 15 is 0 Å². The van der Waals surface area contributed by atoms with Gasteiger partial charge >= 0.3 is 0 Å². The van der Waals surface area contributed by atoms with Crippen molar-refractivity contribution in [1.29, 1.82) is 0 Å². The number of hydrogen-bond donors (Lipinski definition) is 1. The Balaban J connectivity index is 3.54. The van der Waals surface area contributed by atoms with E-state index < -0.39 is 11.8 Å². The van der Waals surface area contributed by atoms with Gasteiger partial charge in [-0.05, 0) is 20.8 Å². The highest BCUT2D eigenvalue weighted by molar-refractivity contribution is 4.77. The van der Waals surface area contributed by atoms with Crippen molar-refractivity contribution in [2.24, 2.45) is 0 Å². The van der Waals surface area contributed by atoms with Crippen molar-refractivity contribution in [3.05, 3.63) is 6.92 Å². The molecule has 0 bridgehead atoms. The Hall–Kier alpha value is -0.110. The van der Waals surface area contributed by atoms with Crippen LogP contribution >= 0.6 is 0 Å². The average Bonchev–Trinajstić information content (AvgIpc) is 1.31. The number of halogens is 1. The number of aliphatic hydroxyl groups is 1. The summed E-state index contributed by atoms with van der Waals surface area (Å²) in [4.78, 5) is 0. The van der Waals surface area contributed by atoms with E-state index in [4.69, 9.17) is 5.11 Å². The second kappa shape index (κ2) is 1.78. The van der Waals surface area contributed by atoms with Gasteiger partial charge < -0.3 is 5.11 Å². The first-order valence-corrected chi connectivity index (χ1v) is 2.14. The van der Waals surface area contributed by atoms with Crippen LogP contribution in [0.2, 0.25) is 0 Å². The molecule has 0 aliphatic heterocycles. The van der Waals surface area contributed by atoms with Crippen LogP contribution in [0, 0.1) is 6.92 Å². The van der Waals surface area contributed by atoms with Crippen LogP contribution in [0.15, 0.2) is 0 Å². The summed E-state index contributed by atoms with van der Waals surface area (Å²) in [6, 6.07) is 0. The number of alkyl halides is 1. The molecular formula is C5H10FO. The molecule has 0 fully saturated rings.